The molecule has 3 rings (SSSR count). The van der Waals surface area contributed by atoms with E-state index < -0.39 is 11.9 Å². The van der Waals surface area contributed by atoms with E-state index in [9.17, 15) is 9.59 Å². The van der Waals surface area contributed by atoms with E-state index in [0.29, 0.717) is 36.4 Å². The number of nitriles is 1. The van der Waals surface area contributed by atoms with Crippen molar-refractivity contribution in [3.63, 3.8) is 0 Å². The maximum Gasteiger partial charge on any atom is 0.254 e. The second kappa shape index (κ2) is 7.28. The van der Waals surface area contributed by atoms with E-state index in [-0.39, 0.29) is 5.91 Å². The van der Waals surface area contributed by atoms with Crippen molar-refractivity contribution in [3.8, 4) is 11.8 Å². The fourth-order valence-electron chi connectivity index (χ4n) is 2.99. The highest BCUT2D eigenvalue weighted by Crippen LogP contribution is 2.25. The van der Waals surface area contributed by atoms with E-state index in [1.807, 2.05) is 18.2 Å². The Bertz CT molecular complexity index is 901. The molecule has 1 heterocycles. The van der Waals surface area contributed by atoms with E-state index in [2.05, 4.69) is 6.07 Å². The van der Waals surface area contributed by atoms with Gasteiger partial charge in [0.25, 0.3) is 5.91 Å². The fraction of sp³-hybridized carbons (Fsp3) is 0.250. The average Bonchev–Trinajstić information content (AvgIpc) is 2.66. The summed E-state index contributed by atoms with van der Waals surface area (Å²) in [5.74, 6) is -0.0394. The van der Waals surface area contributed by atoms with Gasteiger partial charge in [-0.05, 0) is 54.8 Å². The van der Waals surface area contributed by atoms with Crippen LogP contribution in [0.3, 0.4) is 0 Å². The molecular formula is C20H19N3O3. The Hall–Kier alpha value is -3.33. The standard InChI is InChI=1S/C20H19N3O3/c1-13(19(22)24)23-8-7-16-10-17(5-6-18(16)20(23)25)26-12-15-4-2-3-14(9-15)11-21/h2-6,9-10,13H,7-8,12H2,1H3,(H2,22,24)/t13-/m1/s1. The molecule has 26 heavy (non-hydrogen) atoms. The van der Waals surface area contributed by atoms with Crippen LogP contribution in [0.2, 0.25) is 0 Å². The van der Waals surface area contributed by atoms with Gasteiger partial charge in [-0.3, -0.25) is 9.59 Å². The number of benzene rings is 2. The highest BCUT2D eigenvalue weighted by molar-refractivity contribution is 5.99. The Labute approximate surface area is 151 Å². The quantitative estimate of drug-likeness (QED) is 0.893. The summed E-state index contributed by atoms with van der Waals surface area (Å²) in [5.41, 5.74) is 8.27. The number of hydrogen-bond acceptors (Lipinski definition) is 4. The summed E-state index contributed by atoms with van der Waals surface area (Å²) in [6.07, 6.45) is 0.639. The molecule has 6 nitrogen and oxygen atoms in total. The van der Waals surface area contributed by atoms with Gasteiger partial charge in [0, 0.05) is 12.1 Å². The normalized spacial score (nSPS) is 14.3. The Kier molecular flexibility index (Phi) is 4.90. The molecule has 6 heteroatoms. The highest BCUT2D eigenvalue weighted by atomic mass is 16.5. The van der Waals surface area contributed by atoms with E-state index >= 15 is 0 Å². The molecule has 1 aliphatic heterocycles. The lowest BCUT2D eigenvalue weighted by Crippen LogP contribution is -2.49. The van der Waals surface area contributed by atoms with Crippen LogP contribution >= 0.6 is 0 Å². The van der Waals surface area contributed by atoms with Crippen LogP contribution in [0.25, 0.3) is 0 Å². The van der Waals surface area contributed by atoms with Gasteiger partial charge in [0.2, 0.25) is 5.91 Å². The van der Waals surface area contributed by atoms with Crippen LogP contribution in [0.5, 0.6) is 5.75 Å². The van der Waals surface area contributed by atoms with E-state index in [0.717, 1.165) is 11.1 Å². The summed E-state index contributed by atoms with van der Waals surface area (Å²) >= 11 is 0. The van der Waals surface area contributed by atoms with Gasteiger partial charge in [-0.25, -0.2) is 0 Å². The van der Waals surface area contributed by atoms with Crippen molar-refractivity contribution >= 4 is 11.8 Å². The molecule has 0 bridgehead atoms. The first-order valence-corrected chi connectivity index (χ1v) is 8.34. The van der Waals surface area contributed by atoms with Crippen LogP contribution in [0, 0.1) is 11.3 Å². The minimum atomic E-state index is -0.626. The van der Waals surface area contributed by atoms with Gasteiger partial charge in [0.15, 0.2) is 0 Å². The van der Waals surface area contributed by atoms with Gasteiger partial charge in [-0.15, -0.1) is 0 Å². The number of nitrogens with zero attached hydrogens (tertiary/aromatic N) is 2. The predicted molar refractivity (Wildman–Crippen MR) is 95.3 cm³/mol. The van der Waals surface area contributed by atoms with Gasteiger partial charge in [-0.2, -0.15) is 5.26 Å². The lowest BCUT2D eigenvalue weighted by atomic mass is 9.97. The van der Waals surface area contributed by atoms with Crippen molar-refractivity contribution < 1.29 is 14.3 Å². The van der Waals surface area contributed by atoms with Crippen LogP contribution in [-0.2, 0) is 17.8 Å². The number of nitrogens with two attached hydrogens (primary N) is 1. The summed E-state index contributed by atoms with van der Waals surface area (Å²) in [5, 5.41) is 8.94. The molecule has 0 fully saturated rings. The third-order valence-electron chi connectivity index (χ3n) is 4.53. The second-order valence-corrected chi connectivity index (χ2v) is 6.25. The summed E-state index contributed by atoms with van der Waals surface area (Å²) in [7, 11) is 0. The molecule has 2 aromatic rings. The number of amides is 2. The summed E-state index contributed by atoms with van der Waals surface area (Å²) in [4.78, 5) is 25.4. The molecule has 0 unspecified atom stereocenters. The first kappa shape index (κ1) is 17.5. The maximum absolute atomic E-state index is 12.6. The lowest BCUT2D eigenvalue weighted by molar-refractivity contribution is -0.122. The van der Waals surface area contributed by atoms with Crippen molar-refractivity contribution in [2.75, 3.05) is 6.54 Å². The first-order valence-electron chi connectivity index (χ1n) is 8.34. The molecule has 2 amide bonds. The fourth-order valence-corrected chi connectivity index (χ4v) is 2.99. The summed E-state index contributed by atoms with van der Waals surface area (Å²) in [6, 6.07) is 14.0. The van der Waals surface area contributed by atoms with Crippen molar-refractivity contribution in [1.29, 1.82) is 5.26 Å². The zero-order valence-electron chi connectivity index (χ0n) is 14.4. The number of hydrogen-bond donors (Lipinski definition) is 1. The first-order chi connectivity index (χ1) is 12.5. The Morgan fingerprint density at radius 3 is 2.88 bits per heavy atom. The zero-order valence-corrected chi connectivity index (χ0v) is 14.4. The third kappa shape index (κ3) is 3.52. The summed E-state index contributed by atoms with van der Waals surface area (Å²) < 4.78 is 5.80. The molecule has 0 spiro atoms. The average molecular weight is 349 g/mol. The molecule has 2 N–H and O–H groups in total. The van der Waals surface area contributed by atoms with Crippen LogP contribution in [0.1, 0.15) is 34.0 Å². The minimum Gasteiger partial charge on any atom is -0.489 e. The summed E-state index contributed by atoms with van der Waals surface area (Å²) in [6.45, 7) is 2.43. The van der Waals surface area contributed by atoms with Crippen LogP contribution in [0.15, 0.2) is 42.5 Å². The molecule has 2 aromatic carbocycles. The number of rotatable bonds is 5. The van der Waals surface area contributed by atoms with Crippen molar-refractivity contribution in [2.45, 2.75) is 26.0 Å². The van der Waals surface area contributed by atoms with Crippen molar-refractivity contribution in [2.24, 2.45) is 5.73 Å². The van der Waals surface area contributed by atoms with Gasteiger partial charge >= 0.3 is 0 Å². The predicted octanol–water partition coefficient (Wildman–Crippen LogP) is 2.01. The molecule has 0 aliphatic carbocycles. The zero-order chi connectivity index (χ0) is 18.7. The molecule has 0 saturated carbocycles. The topological polar surface area (TPSA) is 96.4 Å². The SMILES string of the molecule is C[C@H](C(N)=O)N1CCc2cc(OCc3cccc(C#N)c3)ccc2C1=O. The highest BCUT2D eigenvalue weighted by Gasteiger charge is 2.30. The van der Waals surface area contributed by atoms with Crippen molar-refractivity contribution in [1.82, 2.24) is 4.90 Å². The van der Waals surface area contributed by atoms with Crippen LogP contribution in [0.4, 0.5) is 0 Å². The molecule has 132 valence electrons. The van der Waals surface area contributed by atoms with Gasteiger partial charge in [0.1, 0.15) is 18.4 Å². The minimum absolute atomic E-state index is 0.189. The lowest BCUT2D eigenvalue weighted by Gasteiger charge is -2.32. The maximum atomic E-state index is 12.6. The number of fused-ring (bicyclic) bond motifs is 1. The second-order valence-electron chi connectivity index (χ2n) is 6.25. The molecule has 1 atom stereocenters. The largest absolute Gasteiger partial charge is 0.489 e. The Morgan fingerprint density at radius 2 is 2.15 bits per heavy atom. The van der Waals surface area contributed by atoms with E-state index in [4.69, 9.17) is 15.7 Å². The number of carbonyl (C=O) groups excluding carboxylic acids is 2. The van der Waals surface area contributed by atoms with Crippen molar-refractivity contribution in [3.05, 3.63) is 64.7 Å². The Balaban J connectivity index is 1.73. The van der Waals surface area contributed by atoms with Crippen LogP contribution in [-0.4, -0.2) is 29.3 Å². The molecule has 0 aromatic heterocycles. The molecule has 1 aliphatic rings. The number of carbonyl (C=O) groups is 2. The molecule has 0 saturated heterocycles. The Morgan fingerprint density at radius 1 is 1.35 bits per heavy atom. The monoisotopic (exact) mass is 349 g/mol. The number of primary amides is 1. The van der Waals surface area contributed by atoms with E-state index in [1.165, 1.54) is 4.90 Å². The number of ether oxygens (including phenoxy) is 1. The molecular weight excluding hydrogens is 330 g/mol. The van der Waals surface area contributed by atoms with Crippen LogP contribution < -0.4 is 10.5 Å². The third-order valence-corrected chi connectivity index (χ3v) is 4.53. The van der Waals surface area contributed by atoms with Gasteiger partial charge in [-0.1, -0.05) is 12.1 Å². The van der Waals surface area contributed by atoms with E-state index in [1.54, 1.807) is 31.2 Å². The smallest absolute Gasteiger partial charge is 0.254 e. The molecule has 0 radical (unpaired) electrons. The van der Waals surface area contributed by atoms with Gasteiger partial charge in [0.05, 0.1) is 11.6 Å². The van der Waals surface area contributed by atoms with Gasteiger partial charge < -0.3 is 15.4 Å².